The molecule has 0 aliphatic rings. The van der Waals surface area contributed by atoms with Gasteiger partial charge in [0.25, 0.3) is 0 Å². The van der Waals surface area contributed by atoms with Crippen LogP contribution in [0.1, 0.15) is 50.7 Å². The van der Waals surface area contributed by atoms with E-state index in [0.717, 1.165) is 11.1 Å². The number of benzene rings is 1. The van der Waals surface area contributed by atoms with Gasteiger partial charge in [-0.3, -0.25) is 0 Å². The van der Waals surface area contributed by atoms with Crippen LogP contribution in [-0.4, -0.2) is 0 Å². The highest BCUT2D eigenvalue weighted by molar-refractivity contribution is 6.30. The van der Waals surface area contributed by atoms with E-state index < -0.39 is 0 Å². The van der Waals surface area contributed by atoms with Crippen LogP contribution in [-0.2, 0) is 0 Å². The predicted octanol–water partition coefficient (Wildman–Crippen LogP) is 4.73. The van der Waals surface area contributed by atoms with E-state index in [4.69, 9.17) is 11.6 Å². The van der Waals surface area contributed by atoms with Crippen LogP contribution in [0.4, 0.5) is 4.39 Å². The Kier molecular flexibility index (Phi) is 3.54. The topological polar surface area (TPSA) is 0 Å². The fraction of sp³-hybridized carbons (Fsp3) is 0.500. The molecule has 0 nitrogen and oxygen atoms in total. The third kappa shape index (κ3) is 2.09. The van der Waals surface area contributed by atoms with Gasteiger partial charge in [0.1, 0.15) is 5.82 Å². The van der Waals surface area contributed by atoms with Crippen LogP contribution in [0.5, 0.6) is 0 Å². The van der Waals surface area contributed by atoms with Gasteiger partial charge in [-0.1, -0.05) is 45.4 Å². The van der Waals surface area contributed by atoms with Crippen LogP contribution in [0.25, 0.3) is 0 Å². The maximum Gasteiger partial charge on any atom is 0.145 e. The number of hydrogen-bond donors (Lipinski definition) is 0. The summed E-state index contributed by atoms with van der Waals surface area (Å²) in [5.74, 6) is 0.248. The lowest BCUT2D eigenvalue weighted by atomic mass is 9.90. The molecule has 0 bridgehead atoms. The van der Waals surface area contributed by atoms with Gasteiger partial charge in [-0.2, -0.15) is 0 Å². The van der Waals surface area contributed by atoms with Crippen LogP contribution < -0.4 is 0 Å². The lowest BCUT2D eigenvalue weighted by molar-refractivity contribution is 0.590. The van der Waals surface area contributed by atoms with E-state index in [1.54, 1.807) is 6.07 Å². The summed E-state index contributed by atoms with van der Waals surface area (Å²) in [5.41, 5.74) is 1.81. The summed E-state index contributed by atoms with van der Waals surface area (Å²) in [5, 5.41) is 0.220. The Bertz CT molecular complexity index is 329. The van der Waals surface area contributed by atoms with E-state index in [1.807, 2.05) is 19.9 Å². The normalized spacial score (nSPS) is 11.4. The summed E-state index contributed by atoms with van der Waals surface area (Å²) in [6.45, 7) is 8.10. The Morgan fingerprint density at radius 2 is 1.64 bits per heavy atom. The summed E-state index contributed by atoms with van der Waals surface area (Å²) >= 11 is 5.76. The average molecular weight is 215 g/mol. The molecule has 78 valence electrons. The van der Waals surface area contributed by atoms with Crippen molar-refractivity contribution in [2.45, 2.75) is 39.5 Å². The SMILES string of the molecule is CC(C)c1ccc(Cl)c(F)c1C(C)C. The molecule has 0 aliphatic carbocycles. The maximum atomic E-state index is 13.7. The highest BCUT2D eigenvalue weighted by atomic mass is 35.5. The summed E-state index contributed by atoms with van der Waals surface area (Å²) in [6.07, 6.45) is 0. The second kappa shape index (κ2) is 4.31. The van der Waals surface area contributed by atoms with E-state index in [2.05, 4.69) is 13.8 Å². The number of halogens is 2. The molecule has 0 aromatic heterocycles. The molecule has 0 amide bonds. The van der Waals surface area contributed by atoms with Crippen LogP contribution >= 0.6 is 11.6 Å². The highest BCUT2D eigenvalue weighted by Gasteiger charge is 2.16. The summed E-state index contributed by atoms with van der Waals surface area (Å²) in [7, 11) is 0. The first-order valence-corrected chi connectivity index (χ1v) is 5.30. The fourth-order valence-electron chi connectivity index (χ4n) is 1.67. The molecule has 14 heavy (non-hydrogen) atoms. The van der Waals surface area contributed by atoms with Crippen molar-refractivity contribution in [2.75, 3.05) is 0 Å². The lowest BCUT2D eigenvalue weighted by Crippen LogP contribution is -2.02. The van der Waals surface area contributed by atoms with Crippen molar-refractivity contribution in [1.29, 1.82) is 0 Å². The Morgan fingerprint density at radius 1 is 1.07 bits per heavy atom. The Balaban J connectivity index is 3.38. The molecular formula is C12H16ClF. The zero-order valence-corrected chi connectivity index (χ0v) is 9.82. The van der Waals surface area contributed by atoms with Crippen LogP contribution in [0.3, 0.4) is 0 Å². The van der Waals surface area contributed by atoms with Gasteiger partial charge >= 0.3 is 0 Å². The van der Waals surface area contributed by atoms with Crippen LogP contribution in [0, 0.1) is 5.82 Å². The van der Waals surface area contributed by atoms with Gasteiger partial charge in [-0.05, 0) is 29.0 Å². The number of rotatable bonds is 2. The standard InChI is InChI=1S/C12H16ClF/c1-7(2)9-5-6-10(13)12(14)11(9)8(3)4/h5-8H,1-4H3. The molecule has 0 fully saturated rings. The first-order chi connectivity index (χ1) is 6.45. The van der Waals surface area contributed by atoms with Crippen molar-refractivity contribution < 1.29 is 4.39 Å². The second-order valence-corrected chi connectivity index (χ2v) is 4.58. The van der Waals surface area contributed by atoms with Crippen molar-refractivity contribution in [2.24, 2.45) is 0 Å². The lowest BCUT2D eigenvalue weighted by Gasteiger charge is -2.17. The molecule has 0 aliphatic heterocycles. The molecule has 0 spiro atoms. The summed E-state index contributed by atoms with van der Waals surface area (Å²) in [6, 6.07) is 3.56. The van der Waals surface area contributed by atoms with Gasteiger partial charge in [0.05, 0.1) is 5.02 Å². The van der Waals surface area contributed by atoms with Crippen LogP contribution in [0.15, 0.2) is 12.1 Å². The largest absolute Gasteiger partial charge is 0.205 e. The minimum atomic E-state index is -0.257. The molecule has 0 saturated heterocycles. The molecule has 0 unspecified atom stereocenters. The predicted molar refractivity (Wildman–Crippen MR) is 59.6 cm³/mol. The summed E-state index contributed by atoms with van der Waals surface area (Å²) < 4.78 is 13.7. The molecule has 0 saturated carbocycles. The van der Waals surface area contributed by atoms with E-state index in [0.29, 0.717) is 5.92 Å². The zero-order chi connectivity index (χ0) is 10.9. The third-order valence-corrected chi connectivity index (χ3v) is 2.66. The van der Waals surface area contributed by atoms with E-state index in [9.17, 15) is 4.39 Å². The molecule has 0 radical (unpaired) electrons. The zero-order valence-electron chi connectivity index (χ0n) is 9.07. The van der Waals surface area contributed by atoms with Crippen molar-refractivity contribution in [3.05, 3.63) is 34.1 Å². The molecule has 1 aromatic carbocycles. The van der Waals surface area contributed by atoms with Gasteiger partial charge in [-0.15, -0.1) is 0 Å². The summed E-state index contributed by atoms with van der Waals surface area (Å²) in [4.78, 5) is 0. The third-order valence-electron chi connectivity index (χ3n) is 2.37. The Labute approximate surface area is 90.1 Å². The quantitative estimate of drug-likeness (QED) is 0.668. The van der Waals surface area contributed by atoms with Crippen molar-refractivity contribution in [3.8, 4) is 0 Å². The Hall–Kier alpha value is -0.560. The molecule has 0 atom stereocenters. The minimum Gasteiger partial charge on any atom is -0.205 e. The van der Waals surface area contributed by atoms with Crippen molar-refractivity contribution in [3.63, 3.8) is 0 Å². The molecule has 0 heterocycles. The second-order valence-electron chi connectivity index (χ2n) is 4.17. The monoisotopic (exact) mass is 214 g/mol. The van der Waals surface area contributed by atoms with Gasteiger partial charge in [-0.25, -0.2) is 4.39 Å². The van der Waals surface area contributed by atoms with Gasteiger partial charge in [0.15, 0.2) is 0 Å². The minimum absolute atomic E-state index is 0.172. The van der Waals surface area contributed by atoms with Gasteiger partial charge in [0, 0.05) is 0 Å². The molecule has 0 N–H and O–H groups in total. The Morgan fingerprint density at radius 3 is 2.07 bits per heavy atom. The average Bonchev–Trinajstić information content (AvgIpc) is 2.08. The first kappa shape index (κ1) is 11.5. The van der Waals surface area contributed by atoms with Crippen LogP contribution in [0.2, 0.25) is 5.02 Å². The van der Waals surface area contributed by atoms with Gasteiger partial charge < -0.3 is 0 Å². The molecule has 1 rings (SSSR count). The van der Waals surface area contributed by atoms with Crippen molar-refractivity contribution in [1.82, 2.24) is 0 Å². The number of hydrogen-bond acceptors (Lipinski definition) is 0. The first-order valence-electron chi connectivity index (χ1n) is 4.93. The molecular weight excluding hydrogens is 199 g/mol. The maximum absolute atomic E-state index is 13.7. The highest BCUT2D eigenvalue weighted by Crippen LogP contribution is 2.31. The molecule has 2 heteroatoms. The molecule has 1 aromatic rings. The van der Waals surface area contributed by atoms with Gasteiger partial charge in [0.2, 0.25) is 0 Å². The van der Waals surface area contributed by atoms with E-state index in [-0.39, 0.29) is 16.8 Å². The van der Waals surface area contributed by atoms with Crippen molar-refractivity contribution >= 4 is 11.6 Å². The van der Waals surface area contributed by atoms with E-state index >= 15 is 0 Å². The fourth-order valence-corrected chi connectivity index (χ4v) is 1.84. The smallest absolute Gasteiger partial charge is 0.145 e. The van der Waals surface area contributed by atoms with E-state index in [1.165, 1.54) is 0 Å².